The highest BCUT2D eigenvalue weighted by Crippen LogP contribution is 2.26. The predicted molar refractivity (Wildman–Crippen MR) is 176 cm³/mol. The highest BCUT2D eigenvalue weighted by molar-refractivity contribution is 7.92. The molecule has 1 unspecified atom stereocenters. The number of aryl methyl sites for hydroxylation is 3. The van der Waals surface area contributed by atoms with Crippen molar-refractivity contribution in [2.75, 3.05) is 10.8 Å². The van der Waals surface area contributed by atoms with E-state index in [0.717, 1.165) is 32.1 Å². The fourth-order valence-electron chi connectivity index (χ4n) is 5.09. The van der Waals surface area contributed by atoms with Gasteiger partial charge in [0.2, 0.25) is 11.8 Å². The number of nitrogens with zero attached hydrogens (tertiary/aromatic N) is 2. The molecule has 4 rings (SSSR count). The third kappa shape index (κ3) is 8.35. The molecule has 2 amide bonds. The Bertz CT molecular complexity index is 1690. The minimum atomic E-state index is -4.13. The maximum Gasteiger partial charge on any atom is 0.264 e. The molecule has 0 saturated heterocycles. The molecule has 0 aromatic heterocycles. The molecule has 7 nitrogen and oxygen atoms in total. The second kappa shape index (κ2) is 14.4. The molecule has 0 bridgehead atoms. The van der Waals surface area contributed by atoms with Crippen molar-refractivity contribution in [1.82, 2.24) is 10.2 Å². The number of amides is 2. The van der Waals surface area contributed by atoms with Crippen molar-refractivity contribution < 1.29 is 18.0 Å². The van der Waals surface area contributed by atoms with Crippen LogP contribution in [-0.4, -0.2) is 43.8 Å². The Balaban J connectivity index is 1.81. The van der Waals surface area contributed by atoms with E-state index in [4.69, 9.17) is 0 Å². The van der Waals surface area contributed by atoms with Crippen LogP contribution < -0.4 is 9.62 Å². The second-order valence-electron chi connectivity index (χ2n) is 11.5. The summed E-state index contributed by atoms with van der Waals surface area (Å²) < 4.78 is 29.4. The van der Waals surface area contributed by atoms with E-state index in [1.165, 1.54) is 4.90 Å². The first kappa shape index (κ1) is 32.5. The van der Waals surface area contributed by atoms with Crippen LogP contribution in [0, 0.1) is 20.8 Å². The SMILES string of the molecule is Cc1ccc(S(=O)(=O)N(CC(=O)N(Cc2cccc(C)c2)C(Cc2ccccc2)C(=O)NC(C)C)c2cccc(C)c2)cc1. The monoisotopic (exact) mass is 611 g/mol. The fraction of sp³-hybridized carbons (Fsp3) is 0.278. The molecule has 44 heavy (non-hydrogen) atoms. The molecule has 0 fully saturated rings. The standard InChI is InChI=1S/C36H41N3O4S/c1-26(2)37-36(41)34(23-30-13-7-6-8-14-30)38(24-31-15-9-11-28(4)21-31)35(40)25-39(32-16-10-12-29(5)22-32)44(42,43)33-19-17-27(3)18-20-33/h6-22,26,34H,23-25H2,1-5H3,(H,37,41). The number of hydrogen-bond donors (Lipinski definition) is 1. The quantitative estimate of drug-likeness (QED) is 0.214. The molecule has 8 heteroatoms. The zero-order valence-electron chi connectivity index (χ0n) is 26.0. The second-order valence-corrected chi connectivity index (χ2v) is 13.4. The van der Waals surface area contributed by atoms with E-state index >= 15 is 0 Å². The van der Waals surface area contributed by atoms with Gasteiger partial charge in [-0.1, -0.05) is 90.0 Å². The van der Waals surface area contributed by atoms with Crippen LogP contribution in [0.5, 0.6) is 0 Å². The average molecular weight is 612 g/mol. The molecule has 0 radical (unpaired) electrons. The first-order valence-corrected chi connectivity index (χ1v) is 16.2. The maximum absolute atomic E-state index is 14.5. The number of carbonyl (C=O) groups is 2. The molecule has 0 aliphatic carbocycles. The number of rotatable bonds is 12. The Labute approximate surface area is 261 Å². The van der Waals surface area contributed by atoms with Crippen molar-refractivity contribution in [3.63, 3.8) is 0 Å². The first-order valence-electron chi connectivity index (χ1n) is 14.8. The minimum Gasteiger partial charge on any atom is -0.352 e. The summed E-state index contributed by atoms with van der Waals surface area (Å²) in [5.74, 6) is -0.781. The normalized spacial score (nSPS) is 12.0. The summed E-state index contributed by atoms with van der Waals surface area (Å²) >= 11 is 0. The molecule has 0 heterocycles. The molecule has 4 aromatic rings. The molecular formula is C36H41N3O4S. The topological polar surface area (TPSA) is 86.8 Å². The molecule has 1 N–H and O–H groups in total. The van der Waals surface area contributed by atoms with Gasteiger partial charge in [0.25, 0.3) is 10.0 Å². The van der Waals surface area contributed by atoms with E-state index in [1.807, 2.05) is 95.3 Å². The van der Waals surface area contributed by atoms with Crippen LogP contribution >= 0.6 is 0 Å². The number of sulfonamides is 1. The number of nitrogens with one attached hydrogen (secondary N) is 1. The maximum atomic E-state index is 14.5. The first-order chi connectivity index (χ1) is 20.9. The van der Waals surface area contributed by atoms with E-state index in [1.54, 1.807) is 42.5 Å². The lowest BCUT2D eigenvalue weighted by atomic mass is 10.0. The number of hydrogen-bond acceptors (Lipinski definition) is 4. The van der Waals surface area contributed by atoms with Gasteiger partial charge < -0.3 is 10.2 Å². The summed E-state index contributed by atoms with van der Waals surface area (Å²) in [6.45, 7) is 9.13. The van der Waals surface area contributed by atoms with Crippen LogP contribution in [0.15, 0.2) is 108 Å². The van der Waals surface area contributed by atoms with Gasteiger partial charge in [-0.15, -0.1) is 0 Å². The van der Waals surface area contributed by atoms with Crippen molar-refractivity contribution in [3.8, 4) is 0 Å². The molecule has 230 valence electrons. The molecule has 1 atom stereocenters. The van der Waals surface area contributed by atoms with Gasteiger partial charge in [-0.3, -0.25) is 13.9 Å². The zero-order chi connectivity index (χ0) is 31.9. The summed E-state index contributed by atoms with van der Waals surface area (Å²) in [4.78, 5) is 29.9. The Kier molecular flexibility index (Phi) is 10.6. The van der Waals surface area contributed by atoms with E-state index in [0.29, 0.717) is 5.69 Å². The van der Waals surface area contributed by atoms with Gasteiger partial charge in [-0.2, -0.15) is 0 Å². The van der Waals surface area contributed by atoms with Gasteiger partial charge >= 0.3 is 0 Å². The summed E-state index contributed by atoms with van der Waals surface area (Å²) in [5.41, 5.74) is 4.91. The highest BCUT2D eigenvalue weighted by atomic mass is 32.2. The summed E-state index contributed by atoms with van der Waals surface area (Å²) in [5, 5.41) is 2.98. The van der Waals surface area contributed by atoms with Gasteiger partial charge in [0.15, 0.2) is 0 Å². The van der Waals surface area contributed by atoms with Crippen molar-refractivity contribution in [3.05, 3.63) is 131 Å². The van der Waals surface area contributed by atoms with Crippen LogP contribution in [0.2, 0.25) is 0 Å². The van der Waals surface area contributed by atoms with Crippen molar-refractivity contribution >= 4 is 27.5 Å². The van der Waals surface area contributed by atoms with Crippen LogP contribution in [0.4, 0.5) is 5.69 Å². The van der Waals surface area contributed by atoms with E-state index in [2.05, 4.69) is 5.32 Å². The lowest BCUT2D eigenvalue weighted by molar-refractivity contribution is -0.140. The summed E-state index contributed by atoms with van der Waals surface area (Å²) in [6, 6.07) is 29.9. The lowest BCUT2D eigenvalue weighted by Gasteiger charge is -2.34. The molecule has 0 aliphatic rings. The van der Waals surface area contributed by atoms with Gasteiger partial charge in [0.05, 0.1) is 10.6 Å². The summed E-state index contributed by atoms with van der Waals surface area (Å²) in [7, 11) is -4.13. The third-order valence-electron chi connectivity index (χ3n) is 7.31. The van der Waals surface area contributed by atoms with Crippen molar-refractivity contribution in [2.45, 2.75) is 64.6 Å². The smallest absolute Gasteiger partial charge is 0.264 e. The van der Waals surface area contributed by atoms with Crippen molar-refractivity contribution in [2.24, 2.45) is 0 Å². The Hall–Kier alpha value is -4.43. The molecule has 0 spiro atoms. The lowest BCUT2D eigenvalue weighted by Crippen LogP contribution is -2.54. The molecular weight excluding hydrogens is 570 g/mol. The van der Waals surface area contributed by atoms with Gasteiger partial charge in [-0.05, 0) is 75.6 Å². The highest BCUT2D eigenvalue weighted by Gasteiger charge is 2.34. The van der Waals surface area contributed by atoms with E-state index < -0.39 is 28.5 Å². The Morgan fingerprint density at radius 2 is 1.34 bits per heavy atom. The number of anilines is 1. The summed E-state index contributed by atoms with van der Waals surface area (Å²) in [6.07, 6.45) is 0.270. The van der Waals surface area contributed by atoms with Gasteiger partial charge in [0.1, 0.15) is 12.6 Å². The van der Waals surface area contributed by atoms with Crippen LogP contribution in [-0.2, 0) is 32.6 Å². The molecule has 0 saturated carbocycles. The number of benzene rings is 4. The third-order valence-corrected chi connectivity index (χ3v) is 9.10. The van der Waals surface area contributed by atoms with Crippen LogP contribution in [0.1, 0.15) is 41.7 Å². The molecule has 4 aromatic carbocycles. The van der Waals surface area contributed by atoms with Crippen molar-refractivity contribution in [1.29, 1.82) is 0 Å². The minimum absolute atomic E-state index is 0.0843. The van der Waals surface area contributed by atoms with Crippen LogP contribution in [0.25, 0.3) is 0 Å². The average Bonchev–Trinajstić information content (AvgIpc) is 2.98. The largest absolute Gasteiger partial charge is 0.352 e. The Morgan fingerprint density at radius 1 is 0.727 bits per heavy atom. The van der Waals surface area contributed by atoms with Gasteiger partial charge in [0, 0.05) is 19.0 Å². The molecule has 0 aliphatic heterocycles. The van der Waals surface area contributed by atoms with Gasteiger partial charge in [-0.25, -0.2) is 8.42 Å². The number of carbonyl (C=O) groups excluding carboxylic acids is 2. The van der Waals surface area contributed by atoms with E-state index in [-0.39, 0.29) is 29.8 Å². The predicted octanol–water partition coefficient (Wildman–Crippen LogP) is 5.97. The van der Waals surface area contributed by atoms with E-state index in [9.17, 15) is 18.0 Å². The van der Waals surface area contributed by atoms with Crippen LogP contribution in [0.3, 0.4) is 0 Å². The fourth-order valence-corrected chi connectivity index (χ4v) is 6.50. The zero-order valence-corrected chi connectivity index (χ0v) is 26.8. The Morgan fingerprint density at radius 3 is 1.95 bits per heavy atom.